The first-order valence-electron chi connectivity index (χ1n) is 5.92. The number of hydrogen-bond acceptors (Lipinski definition) is 4. The van der Waals surface area contributed by atoms with Gasteiger partial charge in [0.25, 0.3) is 0 Å². The van der Waals surface area contributed by atoms with Gasteiger partial charge in [0.1, 0.15) is 0 Å². The Morgan fingerprint density at radius 1 is 1.41 bits per heavy atom. The highest BCUT2D eigenvalue weighted by molar-refractivity contribution is 5.03. The number of nitrogens with zero attached hydrogens (tertiary/aromatic N) is 2. The topological polar surface area (TPSA) is 48.3 Å². The van der Waals surface area contributed by atoms with Gasteiger partial charge in [0.2, 0.25) is 0 Å². The van der Waals surface area contributed by atoms with Gasteiger partial charge in [0.15, 0.2) is 0 Å². The predicted octanol–water partition coefficient (Wildman–Crippen LogP) is 1.21. The maximum atomic E-state index is 5.26. The maximum absolute atomic E-state index is 5.26. The van der Waals surface area contributed by atoms with Crippen LogP contribution in [0.25, 0.3) is 0 Å². The van der Waals surface area contributed by atoms with Gasteiger partial charge in [-0.1, -0.05) is 0 Å². The van der Waals surface area contributed by atoms with Crippen molar-refractivity contribution in [2.24, 2.45) is 0 Å². The number of hydrogen-bond donors (Lipinski definition) is 1. The minimum absolute atomic E-state index is 0.0974. The molecular formula is C12H23N3O2. The summed E-state index contributed by atoms with van der Waals surface area (Å²) in [6.45, 7) is 6.41. The first-order valence-corrected chi connectivity index (χ1v) is 5.92. The third-order valence-corrected chi connectivity index (χ3v) is 2.57. The highest BCUT2D eigenvalue weighted by atomic mass is 16.5. The summed E-state index contributed by atoms with van der Waals surface area (Å²) in [5.41, 5.74) is 1.19. The van der Waals surface area contributed by atoms with Crippen molar-refractivity contribution in [3.05, 3.63) is 18.0 Å². The molecule has 0 aliphatic rings. The lowest BCUT2D eigenvalue weighted by Gasteiger charge is -2.14. The third kappa shape index (κ3) is 4.85. The van der Waals surface area contributed by atoms with Crippen LogP contribution < -0.4 is 5.32 Å². The SMILES string of the molecule is COCC(CNCc1cnn(C(C)C)c1)OC. The summed E-state index contributed by atoms with van der Waals surface area (Å²) < 4.78 is 12.3. The quantitative estimate of drug-likeness (QED) is 0.743. The molecule has 0 bridgehead atoms. The largest absolute Gasteiger partial charge is 0.382 e. The van der Waals surface area contributed by atoms with Gasteiger partial charge in [-0.3, -0.25) is 4.68 Å². The molecular weight excluding hydrogens is 218 g/mol. The first kappa shape index (κ1) is 14.2. The van der Waals surface area contributed by atoms with Gasteiger partial charge in [-0.15, -0.1) is 0 Å². The molecule has 1 unspecified atom stereocenters. The molecule has 0 amide bonds. The zero-order chi connectivity index (χ0) is 12.7. The van der Waals surface area contributed by atoms with E-state index < -0.39 is 0 Å². The van der Waals surface area contributed by atoms with E-state index in [1.165, 1.54) is 5.56 Å². The molecule has 0 fully saturated rings. The molecule has 0 spiro atoms. The van der Waals surface area contributed by atoms with Crippen LogP contribution in [0.15, 0.2) is 12.4 Å². The summed E-state index contributed by atoms with van der Waals surface area (Å²) in [7, 11) is 3.38. The van der Waals surface area contributed by atoms with Crippen LogP contribution in [0, 0.1) is 0 Å². The second-order valence-electron chi connectivity index (χ2n) is 4.37. The van der Waals surface area contributed by atoms with E-state index in [4.69, 9.17) is 9.47 Å². The van der Waals surface area contributed by atoms with Crippen molar-refractivity contribution in [2.75, 3.05) is 27.4 Å². The van der Waals surface area contributed by atoms with E-state index in [1.54, 1.807) is 14.2 Å². The van der Waals surface area contributed by atoms with Crippen molar-refractivity contribution >= 4 is 0 Å². The fourth-order valence-electron chi connectivity index (χ4n) is 1.52. The van der Waals surface area contributed by atoms with Gasteiger partial charge in [-0.05, 0) is 13.8 Å². The fraction of sp³-hybridized carbons (Fsp3) is 0.750. The summed E-state index contributed by atoms with van der Waals surface area (Å²) in [6, 6.07) is 0.406. The standard InChI is InChI=1S/C12H23N3O2/c1-10(2)15-8-11(6-14-15)5-13-7-12(17-4)9-16-3/h6,8,10,12-13H,5,7,9H2,1-4H3. The van der Waals surface area contributed by atoms with Gasteiger partial charge < -0.3 is 14.8 Å². The van der Waals surface area contributed by atoms with Crippen LogP contribution in [0.1, 0.15) is 25.5 Å². The molecule has 98 valence electrons. The number of aromatic nitrogens is 2. The van der Waals surface area contributed by atoms with E-state index in [0.717, 1.165) is 13.1 Å². The monoisotopic (exact) mass is 241 g/mol. The summed E-state index contributed by atoms with van der Waals surface area (Å²) in [5, 5.41) is 7.62. The molecule has 0 saturated heterocycles. The lowest BCUT2D eigenvalue weighted by Crippen LogP contribution is -2.31. The molecule has 5 nitrogen and oxygen atoms in total. The minimum Gasteiger partial charge on any atom is -0.382 e. The van der Waals surface area contributed by atoms with Crippen molar-refractivity contribution in [3.63, 3.8) is 0 Å². The highest BCUT2D eigenvalue weighted by Crippen LogP contribution is 2.04. The van der Waals surface area contributed by atoms with Crippen molar-refractivity contribution in [3.8, 4) is 0 Å². The van der Waals surface area contributed by atoms with Crippen molar-refractivity contribution in [2.45, 2.75) is 32.5 Å². The number of ether oxygens (including phenoxy) is 2. The van der Waals surface area contributed by atoms with Crippen LogP contribution >= 0.6 is 0 Å². The van der Waals surface area contributed by atoms with Gasteiger partial charge in [0.05, 0.1) is 18.9 Å². The fourth-order valence-corrected chi connectivity index (χ4v) is 1.52. The van der Waals surface area contributed by atoms with Gasteiger partial charge in [0, 0.05) is 45.1 Å². The number of rotatable bonds is 8. The van der Waals surface area contributed by atoms with Gasteiger partial charge >= 0.3 is 0 Å². The third-order valence-electron chi connectivity index (χ3n) is 2.57. The van der Waals surface area contributed by atoms with Crippen molar-refractivity contribution in [1.82, 2.24) is 15.1 Å². The molecule has 0 radical (unpaired) electrons. The normalized spacial score (nSPS) is 13.2. The minimum atomic E-state index is 0.0974. The zero-order valence-electron chi connectivity index (χ0n) is 11.1. The second kappa shape index (κ2) is 7.42. The Kier molecular flexibility index (Phi) is 6.18. The summed E-state index contributed by atoms with van der Waals surface area (Å²) in [4.78, 5) is 0. The molecule has 0 aliphatic heterocycles. The van der Waals surface area contributed by atoms with Crippen molar-refractivity contribution < 1.29 is 9.47 Å². The molecule has 0 saturated carbocycles. The number of methoxy groups -OCH3 is 2. The van der Waals surface area contributed by atoms with Gasteiger partial charge in [-0.25, -0.2) is 0 Å². The number of nitrogens with one attached hydrogen (secondary N) is 1. The smallest absolute Gasteiger partial charge is 0.0928 e. The molecule has 17 heavy (non-hydrogen) atoms. The van der Waals surface area contributed by atoms with E-state index in [2.05, 4.69) is 30.5 Å². The van der Waals surface area contributed by atoms with Crippen LogP contribution in [0.4, 0.5) is 0 Å². The van der Waals surface area contributed by atoms with Crippen LogP contribution in [-0.2, 0) is 16.0 Å². The van der Waals surface area contributed by atoms with E-state index in [0.29, 0.717) is 12.6 Å². The average Bonchev–Trinajstić information content (AvgIpc) is 2.77. The van der Waals surface area contributed by atoms with Crippen LogP contribution in [0.5, 0.6) is 0 Å². The average molecular weight is 241 g/mol. The molecule has 1 heterocycles. The second-order valence-corrected chi connectivity index (χ2v) is 4.37. The van der Waals surface area contributed by atoms with Crippen LogP contribution in [-0.4, -0.2) is 43.3 Å². The lowest BCUT2D eigenvalue weighted by atomic mass is 10.3. The molecule has 1 aromatic heterocycles. The molecule has 1 N–H and O–H groups in total. The van der Waals surface area contributed by atoms with E-state index in [-0.39, 0.29) is 6.10 Å². The summed E-state index contributed by atoms with van der Waals surface area (Å²) in [6.07, 6.45) is 4.06. The maximum Gasteiger partial charge on any atom is 0.0928 e. The van der Waals surface area contributed by atoms with Crippen molar-refractivity contribution in [1.29, 1.82) is 0 Å². The lowest BCUT2D eigenvalue weighted by molar-refractivity contribution is 0.0288. The van der Waals surface area contributed by atoms with Crippen LogP contribution in [0.3, 0.4) is 0 Å². The molecule has 0 aliphatic carbocycles. The predicted molar refractivity (Wildman–Crippen MR) is 67.0 cm³/mol. The van der Waals surface area contributed by atoms with E-state index in [9.17, 15) is 0 Å². The summed E-state index contributed by atoms with van der Waals surface area (Å²) in [5.74, 6) is 0. The Hall–Kier alpha value is -0.910. The Morgan fingerprint density at radius 2 is 2.18 bits per heavy atom. The summed E-state index contributed by atoms with van der Waals surface area (Å²) >= 11 is 0. The Morgan fingerprint density at radius 3 is 2.71 bits per heavy atom. The van der Waals surface area contributed by atoms with Gasteiger partial charge in [-0.2, -0.15) is 5.10 Å². The van der Waals surface area contributed by atoms with E-state index in [1.807, 2.05) is 10.9 Å². The molecule has 5 heteroatoms. The first-order chi connectivity index (χ1) is 8.17. The molecule has 1 atom stereocenters. The molecule has 0 aromatic carbocycles. The molecule has 1 rings (SSSR count). The zero-order valence-corrected chi connectivity index (χ0v) is 11.1. The Bertz CT molecular complexity index is 312. The Balaban J connectivity index is 2.29. The van der Waals surface area contributed by atoms with E-state index >= 15 is 0 Å². The Labute approximate surface area is 103 Å². The molecule has 1 aromatic rings. The van der Waals surface area contributed by atoms with Crippen LogP contribution in [0.2, 0.25) is 0 Å². The highest BCUT2D eigenvalue weighted by Gasteiger charge is 2.06.